The molecular weight excluding hydrogens is 356 g/mol. The van der Waals surface area contributed by atoms with Gasteiger partial charge in [-0.2, -0.15) is 0 Å². The summed E-state index contributed by atoms with van der Waals surface area (Å²) in [5, 5.41) is 4.14. The van der Waals surface area contributed by atoms with Crippen molar-refractivity contribution in [1.82, 2.24) is 14.9 Å². The lowest BCUT2D eigenvalue weighted by molar-refractivity contribution is 0.352. The molecule has 0 unspecified atom stereocenters. The van der Waals surface area contributed by atoms with E-state index in [4.69, 9.17) is 11.6 Å². The Morgan fingerprint density at radius 1 is 0.815 bits per heavy atom. The Morgan fingerprint density at radius 3 is 2.19 bits per heavy atom. The number of likely N-dealkylation sites (tertiary alicyclic amines) is 1. The standard InChI is InChI=1S/C22H23ClN4/c23-20-7-3-17(4-8-20)18-5-9-21(25-15-18)19-6-10-22(26-16-19)24-11-14-27-12-1-2-13-27/h3-10,15-16H,1-2,11-14H2,(H,24,26). The van der Waals surface area contributed by atoms with Crippen molar-refractivity contribution in [2.45, 2.75) is 12.8 Å². The first kappa shape index (κ1) is 18.0. The van der Waals surface area contributed by atoms with Crippen molar-refractivity contribution in [3.05, 3.63) is 65.9 Å². The van der Waals surface area contributed by atoms with Gasteiger partial charge in [0.1, 0.15) is 5.82 Å². The van der Waals surface area contributed by atoms with Crippen LogP contribution < -0.4 is 5.32 Å². The second-order valence-electron chi connectivity index (χ2n) is 6.85. The fourth-order valence-electron chi connectivity index (χ4n) is 3.38. The first-order chi connectivity index (χ1) is 13.3. The fraction of sp³-hybridized carbons (Fsp3) is 0.273. The van der Waals surface area contributed by atoms with Crippen LogP contribution in [0, 0.1) is 0 Å². The van der Waals surface area contributed by atoms with Crippen LogP contribution in [-0.2, 0) is 0 Å². The Balaban J connectivity index is 1.37. The predicted octanol–water partition coefficient (Wildman–Crippen LogP) is 4.97. The van der Waals surface area contributed by atoms with Crippen molar-refractivity contribution in [3.8, 4) is 22.4 Å². The summed E-state index contributed by atoms with van der Waals surface area (Å²) in [4.78, 5) is 11.6. The number of hydrogen-bond donors (Lipinski definition) is 1. The van der Waals surface area contributed by atoms with E-state index in [1.807, 2.05) is 48.8 Å². The van der Waals surface area contributed by atoms with Gasteiger partial charge < -0.3 is 10.2 Å². The first-order valence-corrected chi connectivity index (χ1v) is 9.80. The van der Waals surface area contributed by atoms with E-state index in [2.05, 4.69) is 32.3 Å². The number of rotatable bonds is 6. The van der Waals surface area contributed by atoms with Crippen LogP contribution in [0.4, 0.5) is 5.82 Å². The molecule has 1 saturated heterocycles. The predicted molar refractivity (Wildman–Crippen MR) is 112 cm³/mol. The minimum absolute atomic E-state index is 0.739. The summed E-state index contributed by atoms with van der Waals surface area (Å²) in [5.74, 6) is 0.913. The van der Waals surface area contributed by atoms with E-state index in [1.165, 1.54) is 25.9 Å². The summed E-state index contributed by atoms with van der Waals surface area (Å²) in [7, 11) is 0. The van der Waals surface area contributed by atoms with Crippen LogP contribution >= 0.6 is 11.6 Å². The molecule has 0 bridgehead atoms. The number of pyridine rings is 2. The van der Waals surface area contributed by atoms with Crippen molar-refractivity contribution in [3.63, 3.8) is 0 Å². The first-order valence-electron chi connectivity index (χ1n) is 9.42. The van der Waals surface area contributed by atoms with Crippen LogP contribution in [-0.4, -0.2) is 41.0 Å². The van der Waals surface area contributed by atoms with E-state index < -0.39 is 0 Å². The third-order valence-corrected chi connectivity index (χ3v) is 5.19. The van der Waals surface area contributed by atoms with E-state index >= 15 is 0 Å². The second kappa shape index (κ2) is 8.51. The van der Waals surface area contributed by atoms with Crippen molar-refractivity contribution < 1.29 is 0 Å². The van der Waals surface area contributed by atoms with Gasteiger partial charge in [-0.3, -0.25) is 4.98 Å². The van der Waals surface area contributed by atoms with Gasteiger partial charge in [-0.15, -0.1) is 0 Å². The number of halogens is 1. The monoisotopic (exact) mass is 378 g/mol. The molecule has 1 N–H and O–H groups in total. The molecule has 4 nitrogen and oxygen atoms in total. The minimum Gasteiger partial charge on any atom is -0.369 e. The molecule has 1 aliphatic rings. The third-order valence-electron chi connectivity index (χ3n) is 4.93. The lowest BCUT2D eigenvalue weighted by Gasteiger charge is -2.15. The van der Waals surface area contributed by atoms with Gasteiger partial charge in [-0.25, -0.2) is 4.98 Å². The van der Waals surface area contributed by atoms with Crippen LogP contribution in [0.3, 0.4) is 0 Å². The van der Waals surface area contributed by atoms with Gasteiger partial charge >= 0.3 is 0 Å². The zero-order valence-corrected chi connectivity index (χ0v) is 16.0. The molecule has 3 aromatic rings. The number of anilines is 1. The summed E-state index contributed by atoms with van der Waals surface area (Å²) < 4.78 is 0. The summed E-state index contributed by atoms with van der Waals surface area (Å²) in [6, 6.07) is 16.0. The molecular formula is C22H23ClN4. The van der Waals surface area contributed by atoms with Crippen LogP contribution in [0.15, 0.2) is 60.9 Å². The maximum Gasteiger partial charge on any atom is 0.125 e. The molecule has 1 aliphatic heterocycles. The third kappa shape index (κ3) is 4.65. The highest BCUT2D eigenvalue weighted by Gasteiger charge is 2.10. The van der Waals surface area contributed by atoms with E-state index in [1.54, 1.807) is 0 Å². The maximum atomic E-state index is 5.95. The van der Waals surface area contributed by atoms with Crippen molar-refractivity contribution in [1.29, 1.82) is 0 Å². The maximum absolute atomic E-state index is 5.95. The summed E-state index contributed by atoms with van der Waals surface area (Å²) in [6.45, 7) is 4.47. The normalized spacial score (nSPS) is 14.4. The summed E-state index contributed by atoms with van der Waals surface area (Å²) >= 11 is 5.95. The molecule has 1 fully saturated rings. The largest absolute Gasteiger partial charge is 0.369 e. The average molecular weight is 379 g/mol. The van der Waals surface area contributed by atoms with Crippen LogP contribution in [0.25, 0.3) is 22.4 Å². The Labute approximate surface area is 165 Å². The molecule has 2 aromatic heterocycles. The Hall–Kier alpha value is -2.43. The molecule has 0 saturated carbocycles. The number of benzene rings is 1. The molecule has 1 aromatic carbocycles. The average Bonchev–Trinajstić information content (AvgIpc) is 3.23. The smallest absolute Gasteiger partial charge is 0.125 e. The zero-order chi connectivity index (χ0) is 18.5. The Kier molecular flexibility index (Phi) is 5.66. The molecule has 0 aliphatic carbocycles. The number of nitrogens with zero attached hydrogens (tertiary/aromatic N) is 3. The van der Waals surface area contributed by atoms with E-state index in [0.717, 1.165) is 46.3 Å². The Morgan fingerprint density at radius 2 is 1.52 bits per heavy atom. The zero-order valence-electron chi connectivity index (χ0n) is 15.2. The van der Waals surface area contributed by atoms with E-state index in [9.17, 15) is 0 Å². The Bertz CT molecular complexity index is 854. The van der Waals surface area contributed by atoms with Gasteiger partial charge in [0.25, 0.3) is 0 Å². The van der Waals surface area contributed by atoms with E-state index in [0.29, 0.717) is 0 Å². The molecule has 0 radical (unpaired) electrons. The highest BCUT2D eigenvalue weighted by Crippen LogP contribution is 2.24. The fourth-order valence-corrected chi connectivity index (χ4v) is 3.50. The van der Waals surface area contributed by atoms with Gasteiger partial charge in [-0.1, -0.05) is 29.8 Å². The number of hydrogen-bond acceptors (Lipinski definition) is 4. The van der Waals surface area contributed by atoms with Gasteiger partial charge in [-0.05, 0) is 61.8 Å². The van der Waals surface area contributed by atoms with Crippen molar-refractivity contribution in [2.75, 3.05) is 31.5 Å². The molecule has 0 spiro atoms. The van der Waals surface area contributed by atoms with Crippen molar-refractivity contribution in [2.24, 2.45) is 0 Å². The summed E-state index contributed by atoms with van der Waals surface area (Å²) in [5.41, 5.74) is 4.12. The molecule has 27 heavy (non-hydrogen) atoms. The SMILES string of the molecule is Clc1ccc(-c2ccc(-c3ccc(NCCN4CCCC4)nc3)nc2)cc1. The minimum atomic E-state index is 0.739. The van der Waals surface area contributed by atoms with Gasteiger partial charge in [0.05, 0.1) is 5.69 Å². The van der Waals surface area contributed by atoms with Gasteiger partial charge in [0.15, 0.2) is 0 Å². The second-order valence-corrected chi connectivity index (χ2v) is 7.28. The van der Waals surface area contributed by atoms with Gasteiger partial charge in [0.2, 0.25) is 0 Å². The van der Waals surface area contributed by atoms with Crippen LogP contribution in [0.1, 0.15) is 12.8 Å². The lowest BCUT2D eigenvalue weighted by atomic mass is 10.1. The topological polar surface area (TPSA) is 41.0 Å². The molecule has 3 heterocycles. The van der Waals surface area contributed by atoms with Crippen molar-refractivity contribution >= 4 is 17.4 Å². The quantitative estimate of drug-likeness (QED) is 0.657. The lowest BCUT2D eigenvalue weighted by Crippen LogP contribution is -2.26. The molecule has 0 atom stereocenters. The molecule has 4 rings (SSSR count). The molecule has 5 heteroatoms. The van der Waals surface area contributed by atoms with Crippen LogP contribution in [0.2, 0.25) is 5.02 Å². The molecule has 138 valence electrons. The number of nitrogens with one attached hydrogen (secondary N) is 1. The molecule has 0 amide bonds. The van der Waals surface area contributed by atoms with Crippen LogP contribution in [0.5, 0.6) is 0 Å². The van der Waals surface area contributed by atoms with E-state index in [-0.39, 0.29) is 0 Å². The summed E-state index contributed by atoms with van der Waals surface area (Å²) in [6.07, 6.45) is 6.43. The highest BCUT2D eigenvalue weighted by molar-refractivity contribution is 6.30. The number of aromatic nitrogens is 2. The van der Waals surface area contributed by atoms with Gasteiger partial charge in [0, 0.05) is 41.6 Å². The highest BCUT2D eigenvalue weighted by atomic mass is 35.5.